The van der Waals surface area contributed by atoms with E-state index in [9.17, 15) is 14.3 Å². The summed E-state index contributed by atoms with van der Waals surface area (Å²) in [5.41, 5.74) is 0.570. The topological polar surface area (TPSA) is 58.6 Å². The summed E-state index contributed by atoms with van der Waals surface area (Å²) in [5.74, 6) is -0.997. The van der Waals surface area contributed by atoms with Crippen molar-refractivity contribution in [3.63, 3.8) is 0 Å². The van der Waals surface area contributed by atoms with Gasteiger partial charge in [0.05, 0.1) is 24.7 Å². The molecule has 0 aliphatic rings. The van der Waals surface area contributed by atoms with Gasteiger partial charge in [0.1, 0.15) is 5.82 Å². The fourth-order valence-corrected chi connectivity index (χ4v) is 1.37. The number of esters is 1. The quantitative estimate of drug-likeness (QED) is 0.794. The standard InChI is InChI=1S/C11H13ClFNO3/c1-17-11(16)5-8(15)6-14-7-2-3-10(13)9(12)4-7/h2-4,8,14-15H,5-6H2,1H3. The largest absolute Gasteiger partial charge is 0.469 e. The molecule has 0 heterocycles. The number of hydrogen-bond acceptors (Lipinski definition) is 4. The van der Waals surface area contributed by atoms with E-state index in [1.807, 2.05) is 0 Å². The molecule has 0 fully saturated rings. The number of benzene rings is 1. The number of anilines is 1. The van der Waals surface area contributed by atoms with E-state index in [1.165, 1.54) is 25.3 Å². The van der Waals surface area contributed by atoms with Gasteiger partial charge in [0.25, 0.3) is 0 Å². The number of carbonyl (C=O) groups excluding carboxylic acids is 1. The Balaban J connectivity index is 2.44. The number of hydrogen-bond donors (Lipinski definition) is 2. The molecule has 0 aromatic heterocycles. The third-order valence-corrected chi connectivity index (χ3v) is 2.38. The van der Waals surface area contributed by atoms with Crippen LogP contribution in [0.3, 0.4) is 0 Å². The van der Waals surface area contributed by atoms with Crippen LogP contribution >= 0.6 is 11.6 Å². The van der Waals surface area contributed by atoms with Crippen molar-refractivity contribution in [1.82, 2.24) is 0 Å². The molecule has 1 unspecified atom stereocenters. The minimum absolute atomic E-state index is 0.00235. The average molecular weight is 262 g/mol. The van der Waals surface area contributed by atoms with Crippen molar-refractivity contribution in [2.75, 3.05) is 19.0 Å². The van der Waals surface area contributed by atoms with Gasteiger partial charge < -0.3 is 15.2 Å². The van der Waals surface area contributed by atoms with Crippen molar-refractivity contribution >= 4 is 23.3 Å². The summed E-state index contributed by atoms with van der Waals surface area (Å²) in [6, 6.07) is 4.12. The molecule has 1 aromatic carbocycles. The molecule has 0 radical (unpaired) electrons. The van der Waals surface area contributed by atoms with E-state index in [2.05, 4.69) is 10.1 Å². The predicted molar refractivity (Wildman–Crippen MR) is 62.5 cm³/mol. The fourth-order valence-electron chi connectivity index (χ4n) is 1.19. The molecule has 17 heavy (non-hydrogen) atoms. The number of nitrogens with one attached hydrogen (secondary N) is 1. The van der Waals surface area contributed by atoms with Gasteiger partial charge in [-0.15, -0.1) is 0 Å². The highest BCUT2D eigenvalue weighted by Crippen LogP contribution is 2.19. The molecule has 6 heteroatoms. The second-order valence-corrected chi connectivity index (χ2v) is 3.85. The van der Waals surface area contributed by atoms with Gasteiger partial charge in [-0.1, -0.05) is 11.6 Å². The molecule has 94 valence electrons. The Morgan fingerprint density at radius 1 is 1.65 bits per heavy atom. The van der Waals surface area contributed by atoms with Gasteiger partial charge in [-0.3, -0.25) is 4.79 Å². The molecule has 2 N–H and O–H groups in total. The monoisotopic (exact) mass is 261 g/mol. The Labute approximate surface area is 103 Å². The molecule has 1 atom stereocenters. The maximum Gasteiger partial charge on any atom is 0.308 e. The van der Waals surface area contributed by atoms with Gasteiger partial charge in [0, 0.05) is 12.2 Å². The molecule has 1 aromatic rings. The van der Waals surface area contributed by atoms with Gasteiger partial charge in [0.2, 0.25) is 0 Å². The summed E-state index contributed by atoms with van der Waals surface area (Å²) in [6.45, 7) is 0.150. The Kier molecular flexibility index (Phi) is 5.18. The molecular weight excluding hydrogens is 249 g/mol. The lowest BCUT2D eigenvalue weighted by Crippen LogP contribution is -2.23. The zero-order valence-corrected chi connectivity index (χ0v) is 10.00. The lowest BCUT2D eigenvalue weighted by atomic mass is 10.2. The number of halogens is 2. The number of ether oxygens (including phenoxy) is 1. The van der Waals surface area contributed by atoms with Gasteiger partial charge in [-0.2, -0.15) is 0 Å². The van der Waals surface area contributed by atoms with Crippen LogP contribution in [0.5, 0.6) is 0 Å². The van der Waals surface area contributed by atoms with Crippen molar-refractivity contribution < 1.29 is 19.0 Å². The number of methoxy groups -OCH3 is 1. The summed E-state index contributed by atoms with van der Waals surface area (Å²) in [6.07, 6.45) is -0.968. The normalized spacial score (nSPS) is 12.0. The van der Waals surface area contributed by atoms with Crippen LogP contribution < -0.4 is 5.32 Å². The molecular formula is C11H13ClFNO3. The first-order valence-corrected chi connectivity index (χ1v) is 5.34. The van der Waals surface area contributed by atoms with Crippen molar-refractivity contribution in [3.05, 3.63) is 29.0 Å². The minimum atomic E-state index is -0.869. The van der Waals surface area contributed by atoms with Crippen molar-refractivity contribution in [2.45, 2.75) is 12.5 Å². The highest BCUT2D eigenvalue weighted by Gasteiger charge is 2.10. The third kappa shape index (κ3) is 4.58. The number of aliphatic hydroxyl groups is 1. The summed E-state index contributed by atoms with van der Waals surface area (Å²) < 4.78 is 17.3. The summed E-state index contributed by atoms with van der Waals surface area (Å²) in [7, 11) is 1.25. The molecule has 0 amide bonds. The molecule has 4 nitrogen and oxygen atoms in total. The molecule has 0 bridgehead atoms. The number of rotatable bonds is 5. The van der Waals surface area contributed by atoms with Crippen LogP contribution in [-0.4, -0.2) is 30.8 Å². The fraction of sp³-hybridized carbons (Fsp3) is 0.364. The summed E-state index contributed by atoms with van der Waals surface area (Å²) in [4.78, 5) is 10.9. The van der Waals surface area contributed by atoms with Crippen LogP contribution in [-0.2, 0) is 9.53 Å². The zero-order valence-electron chi connectivity index (χ0n) is 9.24. The van der Waals surface area contributed by atoms with Crippen molar-refractivity contribution in [1.29, 1.82) is 0 Å². The smallest absolute Gasteiger partial charge is 0.308 e. The maximum atomic E-state index is 12.8. The second kappa shape index (κ2) is 6.42. The molecule has 0 saturated carbocycles. The Hall–Kier alpha value is -1.33. The van der Waals surface area contributed by atoms with E-state index in [1.54, 1.807) is 0 Å². The molecule has 0 aliphatic heterocycles. The van der Waals surface area contributed by atoms with Crippen molar-refractivity contribution in [3.8, 4) is 0 Å². The van der Waals surface area contributed by atoms with E-state index in [0.29, 0.717) is 5.69 Å². The molecule has 0 aliphatic carbocycles. The molecule has 0 saturated heterocycles. The van der Waals surface area contributed by atoms with E-state index in [0.717, 1.165) is 0 Å². The van der Waals surface area contributed by atoms with Gasteiger partial charge in [-0.25, -0.2) is 4.39 Å². The van der Waals surface area contributed by atoms with E-state index in [-0.39, 0.29) is 18.0 Å². The van der Waals surface area contributed by atoms with E-state index in [4.69, 9.17) is 11.6 Å². The van der Waals surface area contributed by atoms with Crippen LogP contribution in [0, 0.1) is 5.82 Å². The first-order valence-electron chi connectivity index (χ1n) is 4.96. The number of aliphatic hydroxyl groups excluding tert-OH is 1. The lowest BCUT2D eigenvalue weighted by Gasteiger charge is -2.11. The second-order valence-electron chi connectivity index (χ2n) is 3.44. The highest BCUT2D eigenvalue weighted by atomic mass is 35.5. The maximum absolute atomic E-state index is 12.8. The van der Waals surface area contributed by atoms with Crippen LogP contribution in [0.25, 0.3) is 0 Å². The molecule has 0 spiro atoms. The summed E-state index contributed by atoms with van der Waals surface area (Å²) >= 11 is 5.58. The lowest BCUT2D eigenvalue weighted by molar-refractivity contribution is -0.142. The van der Waals surface area contributed by atoms with Crippen LogP contribution in [0.1, 0.15) is 6.42 Å². The van der Waals surface area contributed by atoms with Crippen LogP contribution in [0.4, 0.5) is 10.1 Å². The van der Waals surface area contributed by atoms with Gasteiger partial charge in [-0.05, 0) is 18.2 Å². The average Bonchev–Trinajstić information content (AvgIpc) is 2.30. The van der Waals surface area contributed by atoms with Gasteiger partial charge in [0.15, 0.2) is 0 Å². The predicted octanol–water partition coefficient (Wildman–Crippen LogP) is 1.81. The zero-order chi connectivity index (χ0) is 12.8. The first kappa shape index (κ1) is 13.7. The Morgan fingerprint density at radius 3 is 2.94 bits per heavy atom. The summed E-state index contributed by atoms with van der Waals surface area (Å²) in [5, 5.41) is 12.3. The van der Waals surface area contributed by atoms with Crippen LogP contribution in [0.15, 0.2) is 18.2 Å². The Morgan fingerprint density at radius 2 is 2.35 bits per heavy atom. The first-order chi connectivity index (χ1) is 8.02. The highest BCUT2D eigenvalue weighted by molar-refractivity contribution is 6.31. The van der Waals surface area contributed by atoms with E-state index < -0.39 is 17.9 Å². The molecule has 1 rings (SSSR count). The number of carbonyl (C=O) groups is 1. The van der Waals surface area contributed by atoms with Crippen LogP contribution in [0.2, 0.25) is 5.02 Å². The van der Waals surface area contributed by atoms with Crippen molar-refractivity contribution in [2.24, 2.45) is 0 Å². The van der Waals surface area contributed by atoms with E-state index >= 15 is 0 Å². The SMILES string of the molecule is COC(=O)CC(O)CNc1ccc(F)c(Cl)c1. The third-order valence-electron chi connectivity index (χ3n) is 2.09. The van der Waals surface area contributed by atoms with Gasteiger partial charge >= 0.3 is 5.97 Å². The minimum Gasteiger partial charge on any atom is -0.469 e. The Bertz CT molecular complexity index is 400.